The largest absolute Gasteiger partial charge is 0.399 e. The number of allylic oxidation sites excluding steroid dienone is 2. The minimum atomic E-state index is -0.184. The van der Waals surface area contributed by atoms with Gasteiger partial charge in [0.05, 0.1) is 5.54 Å². The van der Waals surface area contributed by atoms with Crippen LogP contribution in [0.5, 0.6) is 0 Å². The fraction of sp³-hybridized carbons (Fsp3) is 0.375. The molecule has 0 spiro atoms. The molecule has 2 N–H and O–H groups in total. The molecule has 0 aromatic heterocycles. The molecule has 0 aliphatic carbocycles. The summed E-state index contributed by atoms with van der Waals surface area (Å²) >= 11 is 3.32. The second kappa shape index (κ2) is 2.81. The predicted molar refractivity (Wildman–Crippen MR) is 51.9 cm³/mol. The lowest BCUT2D eigenvalue weighted by molar-refractivity contribution is 0.658. The van der Waals surface area contributed by atoms with Gasteiger partial charge in [-0.2, -0.15) is 0 Å². The highest BCUT2D eigenvalue weighted by atomic mass is 79.9. The smallest absolute Gasteiger partial charge is 0.0754 e. The van der Waals surface area contributed by atoms with Crippen molar-refractivity contribution in [3.8, 4) is 0 Å². The Morgan fingerprint density at radius 1 is 1.55 bits per heavy atom. The van der Waals surface area contributed by atoms with Crippen molar-refractivity contribution < 1.29 is 0 Å². The van der Waals surface area contributed by atoms with Crippen molar-refractivity contribution in [2.24, 2.45) is 10.7 Å². The molecule has 0 fully saturated rings. The maximum atomic E-state index is 5.68. The lowest BCUT2D eigenvalue weighted by Gasteiger charge is -2.12. The molecule has 0 atom stereocenters. The fourth-order valence-electron chi connectivity index (χ4n) is 0.911. The van der Waals surface area contributed by atoms with Gasteiger partial charge < -0.3 is 5.73 Å². The van der Waals surface area contributed by atoms with Crippen LogP contribution < -0.4 is 5.73 Å². The minimum absolute atomic E-state index is 0.184. The fourth-order valence-corrected chi connectivity index (χ4v) is 1.28. The average molecular weight is 215 g/mol. The topological polar surface area (TPSA) is 38.4 Å². The highest BCUT2D eigenvalue weighted by molar-refractivity contribution is 9.12. The Morgan fingerprint density at radius 3 is 2.82 bits per heavy atom. The zero-order valence-corrected chi connectivity index (χ0v) is 8.22. The van der Waals surface area contributed by atoms with Crippen LogP contribution in [0.1, 0.15) is 13.8 Å². The number of hydrogen-bond acceptors (Lipinski definition) is 2. The van der Waals surface area contributed by atoms with Crippen LogP contribution >= 0.6 is 15.9 Å². The van der Waals surface area contributed by atoms with Gasteiger partial charge in [0.15, 0.2) is 0 Å². The van der Waals surface area contributed by atoms with Crippen LogP contribution in [0.3, 0.4) is 0 Å². The Morgan fingerprint density at radius 2 is 2.18 bits per heavy atom. The summed E-state index contributed by atoms with van der Waals surface area (Å²) < 4.78 is 0.914. The third-order valence-corrected chi connectivity index (χ3v) is 1.78. The summed E-state index contributed by atoms with van der Waals surface area (Å²) in [5.74, 6) is 0. The molecule has 3 heteroatoms. The lowest BCUT2D eigenvalue weighted by Crippen LogP contribution is -2.14. The first-order valence-electron chi connectivity index (χ1n) is 3.40. The molecule has 1 heterocycles. The molecule has 0 amide bonds. The van der Waals surface area contributed by atoms with E-state index in [-0.39, 0.29) is 5.54 Å². The van der Waals surface area contributed by atoms with Gasteiger partial charge in [-0.05, 0) is 41.9 Å². The molecule has 2 nitrogen and oxygen atoms in total. The van der Waals surface area contributed by atoms with Gasteiger partial charge in [0.2, 0.25) is 0 Å². The van der Waals surface area contributed by atoms with E-state index in [0.717, 1.165) is 10.2 Å². The monoisotopic (exact) mass is 214 g/mol. The molecule has 0 bridgehead atoms. The van der Waals surface area contributed by atoms with E-state index in [1.165, 1.54) is 0 Å². The van der Waals surface area contributed by atoms with E-state index in [0.29, 0.717) is 0 Å². The van der Waals surface area contributed by atoms with Crippen LogP contribution in [0.25, 0.3) is 0 Å². The zero-order chi connectivity index (χ0) is 8.48. The number of hydrogen-bond donors (Lipinski definition) is 1. The second-order valence-corrected chi connectivity index (χ2v) is 4.00. The standard InChI is InChI=1S/C8H11BrN2/c1-8(2)4-7(10)3-6(9)5-11-8/h3-5H,10H2,1-2H3. The summed E-state index contributed by atoms with van der Waals surface area (Å²) in [6.07, 6.45) is 5.55. The average Bonchev–Trinajstić information content (AvgIpc) is 1.90. The molecule has 0 saturated heterocycles. The number of nitrogens with two attached hydrogens (primary N) is 1. The van der Waals surface area contributed by atoms with Crippen molar-refractivity contribution >= 4 is 22.1 Å². The Kier molecular flexibility index (Phi) is 2.18. The first-order valence-corrected chi connectivity index (χ1v) is 4.20. The summed E-state index contributed by atoms with van der Waals surface area (Å²) in [4.78, 5) is 4.29. The van der Waals surface area contributed by atoms with Crippen LogP contribution in [0.15, 0.2) is 27.3 Å². The summed E-state index contributed by atoms with van der Waals surface area (Å²) in [6, 6.07) is 0. The quantitative estimate of drug-likeness (QED) is 0.659. The van der Waals surface area contributed by atoms with E-state index >= 15 is 0 Å². The van der Waals surface area contributed by atoms with Crippen molar-refractivity contribution in [2.45, 2.75) is 19.4 Å². The second-order valence-electron chi connectivity index (χ2n) is 3.09. The summed E-state index contributed by atoms with van der Waals surface area (Å²) in [5.41, 5.74) is 6.24. The number of nitrogens with zero attached hydrogens (tertiary/aromatic N) is 1. The summed E-state index contributed by atoms with van der Waals surface area (Å²) in [5, 5.41) is 0. The van der Waals surface area contributed by atoms with Gasteiger partial charge >= 0.3 is 0 Å². The highest BCUT2D eigenvalue weighted by Gasteiger charge is 2.13. The molecule has 1 rings (SSSR count). The van der Waals surface area contributed by atoms with Crippen molar-refractivity contribution in [3.63, 3.8) is 0 Å². The third-order valence-electron chi connectivity index (χ3n) is 1.35. The molecule has 0 saturated carbocycles. The van der Waals surface area contributed by atoms with Gasteiger partial charge in [-0.25, -0.2) is 0 Å². The van der Waals surface area contributed by atoms with E-state index in [1.54, 1.807) is 6.21 Å². The molecular formula is C8H11BrN2. The number of halogens is 1. The Balaban J connectivity index is 3.02. The summed E-state index contributed by atoms with van der Waals surface area (Å²) in [6.45, 7) is 4.02. The van der Waals surface area contributed by atoms with Gasteiger partial charge in [-0.15, -0.1) is 0 Å². The van der Waals surface area contributed by atoms with E-state index in [2.05, 4.69) is 20.9 Å². The molecule has 1 aliphatic rings. The van der Waals surface area contributed by atoms with Crippen LogP contribution in [0, 0.1) is 0 Å². The Hall–Kier alpha value is -0.570. The van der Waals surface area contributed by atoms with Gasteiger partial charge in [0, 0.05) is 16.4 Å². The Labute approximate surface area is 75.0 Å². The normalized spacial score (nSPS) is 22.1. The Bertz CT molecular complexity index is 249. The minimum Gasteiger partial charge on any atom is -0.399 e. The maximum absolute atomic E-state index is 5.68. The van der Waals surface area contributed by atoms with Crippen molar-refractivity contribution in [1.29, 1.82) is 0 Å². The van der Waals surface area contributed by atoms with E-state index in [4.69, 9.17) is 5.73 Å². The maximum Gasteiger partial charge on any atom is 0.0754 e. The third kappa shape index (κ3) is 2.50. The SMILES string of the molecule is CC1(C)C=C(N)C=C(Br)C=N1. The van der Waals surface area contributed by atoms with E-state index < -0.39 is 0 Å². The molecule has 11 heavy (non-hydrogen) atoms. The lowest BCUT2D eigenvalue weighted by atomic mass is 10.1. The van der Waals surface area contributed by atoms with Crippen LogP contribution in [-0.2, 0) is 0 Å². The molecule has 0 aromatic rings. The highest BCUT2D eigenvalue weighted by Crippen LogP contribution is 2.18. The first kappa shape index (κ1) is 8.53. The van der Waals surface area contributed by atoms with Crippen LogP contribution in [-0.4, -0.2) is 11.8 Å². The van der Waals surface area contributed by atoms with Crippen molar-refractivity contribution in [2.75, 3.05) is 0 Å². The van der Waals surface area contributed by atoms with Crippen LogP contribution in [0.4, 0.5) is 0 Å². The van der Waals surface area contributed by atoms with Crippen LogP contribution in [0.2, 0.25) is 0 Å². The molecule has 0 radical (unpaired) electrons. The van der Waals surface area contributed by atoms with Crippen molar-refractivity contribution in [1.82, 2.24) is 0 Å². The molecule has 60 valence electrons. The molecule has 0 aromatic carbocycles. The molecule has 0 unspecified atom stereocenters. The van der Waals surface area contributed by atoms with Gasteiger partial charge in [-0.3, -0.25) is 4.99 Å². The zero-order valence-electron chi connectivity index (χ0n) is 6.63. The van der Waals surface area contributed by atoms with Crippen molar-refractivity contribution in [3.05, 3.63) is 22.3 Å². The number of rotatable bonds is 0. The van der Waals surface area contributed by atoms with E-state index in [1.807, 2.05) is 26.0 Å². The van der Waals surface area contributed by atoms with Gasteiger partial charge in [-0.1, -0.05) is 0 Å². The molecule has 1 aliphatic heterocycles. The van der Waals surface area contributed by atoms with Gasteiger partial charge in [0.1, 0.15) is 0 Å². The number of aliphatic imine (C=N–C) groups is 1. The first-order chi connectivity index (χ1) is 4.99. The molecular weight excluding hydrogens is 204 g/mol. The van der Waals surface area contributed by atoms with E-state index in [9.17, 15) is 0 Å². The summed E-state index contributed by atoms with van der Waals surface area (Å²) in [7, 11) is 0. The van der Waals surface area contributed by atoms with Gasteiger partial charge in [0.25, 0.3) is 0 Å². The predicted octanol–water partition coefficient (Wildman–Crippen LogP) is 1.97.